The lowest BCUT2D eigenvalue weighted by molar-refractivity contribution is 0.0694. The van der Waals surface area contributed by atoms with E-state index in [-0.39, 0.29) is 11.3 Å². The third-order valence-corrected chi connectivity index (χ3v) is 3.67. The van der Waals surface area contributed by atoms with Gasteiger partial charge in [-0.25, -0.2) is 4.79 Å². The van der Waals surface area contributed by atoms with Crippen molar-refractivity contribution >= 4 is 22.8 Å². The van der Waals surface area contributed by atoms with Gasteiger partial charge in [0.25, 0.3) is 0 Å². The molecule has 21 heavy (non-hydrogen) atoms. The number of hydrogen-bond acceptors (Lipinski definition) is 3. The summed E-state index contributed by atoms with van der Waals surface area (Å²) in [4.78, 5) is 11.6. The van der Waals surface area contributed by atoms with Crippen LogP contribution >= 0.6 is 0 Å². The van der Waals surface area contributed by atoms with Gasteiger partial charge in [-0.05, 0) is 29.5 Å². The molecule has 0 bridgehead atoms. The molecular formula is C17H18O4. The first-order chi connectivity index (χ1) is 10.0. The Bertz CT molecular complexity index is 717. The van der Waals surface area contributed by atoms with Crippen LogP contribution < -0.4 is 0 Å². The van der Waals surface area contributed by atoms with E-state index in [0.29, 0.717) is 29.5 Å². The van der Waals surface area contributed by atoms with Crippen LogP contribution in [0.2, 0.25) is 0 Å². The Kier molecular flexibility index (Phi) is 4.29. The number of carboxylic acid groups (broad SMARTS) is 1. The molecule has 0 saturated heterocycles. The van der Waals surface area contributed by atoms with E-state index in [2.05, 4.69) is 6.58 Å². The number of aromatic hydroxyl groups is 1. The van der Waals surface area contributed by atoms with Crippen LogP contribution in [0.3, 0.4) is 0 Å². The number of aryl methyl sites for hydroxylation is 1. The molecule has 0 spiro atoms. The topological polar surface area (TPSA) is 66.8 Å². The Hall–Kier alpha value is -2.33. The van der Waals surface area contributed by atoms with E-state index >= 15 is 0 Å². The molecule has 4 heteroatoms. The number of rotatable bonds is 5. The number of hydrogen-bond donors (Lipinski definition) is 2. The second-order valence-electron chi connectivity index (χ2n) is 4.88. The second kappa shape index (κ2) is 5.97. The van der Waals surface area contributed by atoms with E-state index in [1.165, 1.54) is 0 Å². The fraction of sp³-hybridized carbons (Fsp3) is 0.235. The minimum Gasteiger partial charge on any atom is -0.507 e. The molecular weight excluding hydrogens is 268 g/mol. The van der Waals surface area contributed by atoms with Gasteiger partial charge in [0.2, 0.25) is 0 Å². The van der Waals surface area contributed by atoms with Gasteiger partial charge in [-0.2, -0.15) is 0 Å². The molecule has 0 aliphatic heterocycles. The third-order valence-electron chi connectivity index (χ3n) is 3.67. The maximum atomic E-state index is 11.6. The van der Waals surface area contributed by atoms with Gasteiger partial charge >= 0.3 is 5.97 Å². The van der Waals surface area contributed by atoms with Crippen molar-refractivity contribution in [2.24, 2.45) is 0 Å². The van der Waals surface area contributed by atoms with Crippen LogP contribution in [-0.2, 0) is 11.2 Å². The first-order valence-electron chi connectivity index (χ1n) is 6.64. The molecule has 0 atom stereocenters. The molecule has 0 unspecified atom stereocenters. The number of methoxy groups -OCH3 is 1. The molecule has 2 aromatic carbocycles. The minimum atomic E-state index is -1.04. The molecule has 0 aliphatic carbocycles. The summed E-state index contributed by atoms with van der Waals surface area (Å²) in [7, 11) is 1.54. The molecule has 0 radical (unpaired) electrons. The average molecular weight is 286 g/mol. The molecule has 0 aliphatic rings. The molecule has 0 amide bonds. The predicted molar refractivity (Wildman–Crippen MR) is 83.0 cm³/mol. The number of benzene rings is 2. The smallest absolute Gasteiger partial charge is 0.336 e. The van der Waals surface area contributed by atoms with Gasteiger partial charge in [0.1, 0.15) is 5.75 Å². The van der Waals surface area contributed by atoms with Crippen molar-refractivity contribution < 1.29 is 19.7 Å². The molecule has 0 heterocycles. The molecule has 2 aromatic rings. The number of carbonyl (C=O) groups is 1. The zero-order chi connectivity index (χ0) is 15.6. The number of ether oxygens (including phenoxy) is 1. The highest BCUT2D eigenvalue weighted by Crippen LogP contribution is 2.36. The van der Waals surface area contributed by atoms with Crippen molar-refractivity contribution in [1.29, 1.82) is 0 Å². The van der Waals surface area contributed by atoms with Gasteiger partial charge in [0.05, 0.1) is 12.2 Å². The molecule has 2 N–H and O–H groups in total. The van der Waals surface area contributed by atoms with Crippen molar-refractivity contribution in [3.8, 4) is 5.75 Å². The summed E-state index contributed by atoms with van der Waals surface area (Å²) in [6.45, 7) is 5.82. The lowest BCUT2D eigenvalue weighted by Gasteiger charge is -2.15. The van der Waals surface area contributed by atoms with Gasteiger partial charge < -0.3 is 14.9 Å². The second-order valence-corrected chi connectivity index (χ2v) is 4.88. The summed E-state index contributed by atoms with van der Waals surface area (Å²) in [5.74, 6) is -1.03. The highest BCUT2D eigenvalue weighted by atomic mass is 16.5. The summed E-state index contributed by atoms with van der Waals surface area (Å²) in [5.41, 5.74) is 2.09. The third kappa shape index (κ3) is 2.62. The molecule has 4 nitrogen and oxygen atoms in total. The molecule has 0 saturated carbocycles. The van der Waals surface area contributed by atoms with Crippen LogP contribution in [0.25, 0.3) is 16.8 Å². The van der Waals surface area contributed by atoms with E-state index in [1.807, 2.05) is 12.1 Å². The van der Waals surface area contributed by atoms with Gasteiger partial charge in [-0.3, -0.25) is 0 Å². The molecule has 110 valence electrons. The van der Waals surface area contributed by atoms with Crippen molar-refractivity contribution in [3.05, 3.63) is 47.0 Å². The maximum absolute atomic E-state index is 11.6. The van der Waals surface area contributed by atoms with Crippen molar-refractivity contribution in [3.63, 3.8) is 0 Å². The summed E-state index contributed by atoms with van der Waals surface area (Å²) in [5, 5.41) is 21.3. The van der Waals surface area contributed by atoms with E-state index in [0.717, 1.165) is 10.9 Å². The van der Waals surface area contributed by atoms with E-state index in [1.54, 1.807) is 26.2 Å². The standard InChI is InChI=1S/C17H18O4/c1-4-11-5-6-12-14(9-11)10(2)15(17(19)20)13(16(12)18)7-8-21-3/h4-6,9,18H,1,7-8H2,2-3H3,(H,19,20). The normalized spacial score (nSPS) is 10.8. The number of phenols is 1. The minimum absolute atomic E-state index is 0.0145. The highest BCUT2D eigenvalue weighted by Gasteiger charge is 2.21. The van der Waals surface area contributed by atoms with Gasteiger partial charge in [-0.15, -0.1) is 0 Å². The number of aromatic carboxylic acids is 1. The number of carboxylic acids is 1. The Morgan fingerprint density at radius 2 is 2.10 bits per heavy atom. The summed E-state index contributed by atoms with van der Waals surface area (Å²) in [6.07, 6.45) is 2.04. The Balaban J connectivity index is 2.83. The Morgan fingerprint density at radius 1 is 1.38 bits per heavy atom. The summed E-state index contributed by atoms with van der Waals surface area (Å²) in [6, 6.07) is 5.47. The SMILES string of the molecule is C=Cc1ccc2c(O)c(CCOC)c(C(=O)O)c(C)c2c1. The first kappa shape index (κ1) is 15.1. The van der Waals surface area contributed by atoms with Crippen LogP contribution in [-0.4, -0.2) is 29.9 Å². The maximum Gasteiger partial charge on any atom is 0.336 e. The average Bonchev–Trinajstić information content (AvgIpc) is 2.48. The van der Waals surface area contributed by atoms with Gasteiger partial charge in [0, 0.05) is 24.5 Å². The monoisotopic (exact) mass is 286 g/mol. The molecule has 0 fully saturated rings. The number of phenolic OH excluding ortho intramolecular Hbond substituents is 1. The van der Waals surface area contributed by atoms with Crippen LogP contribution in [0.1, 0.15) is 27.0 Å². The Labute approximate surface area is 123 Å². The Morgan fingerprint density at radius 3 is 2.67 bits per heavy atom. The lowest BCUT2D eigenvalue weighted by atomic mass is 9.91. The van der Waals surface area contributed by atoms with Crippen LogP contribution in [0.5, 0.6) is 5.75 Å². The van der Waals surface area contributed by atoms with Gasteiger partial charge in [0.15, 0.2) is 0 Å². The molecule has 0 aromatic heterocycles. The largest absolute Gasteiger partial charge is 0.507 e. The van der Waals surface area contributed by atoms with Crippen LogP contribution in [0.15, 0.2) is 24.8 Å². The summed E-state index contributed by atoms with van der Waals surface area (Å²) < 4.78 is 5.01. The van der Waals surface area contributed by atoms with E-state index in [4.69, 9.17) is 4.74 Å². The van der Waals surface area contributed by atoms with Crippen LogP contribution in [0, 0.1) is 6.92 Å². The van der Waals surface area contributed by atoms with E-state index in [9.17, 15) is 15.0 Å². The van der Waals surface area contributed by atoms with Crippen molar-refractivity contribution in [2.75, 3.05) is 13.7 Å². The van der Waals surface area contributed by atoms with Crippen molar-refractivity contribution in [1.82, 2.24) is 0 Å². The quantitative estimate of drug-likeness (QED) is 0.884. The highest BCUT2D eigenvalue weighted by molar-refractivity contribution is 6.03. The summed E-state index contributed by atoms with van der Waals surface area (Å²) >= 11 is 0. The lowest BCUT2D eigenvalue weighted by Crippen LogP contribution is -2.09. The van der Waals surface area contributed by atoms with Gasteiger partial charge in [-0.1, -0.05) is 24.8 Å². The number of fused-ring (bicyclic) bond motifs is 1. The fourth-order valence-corrected chi connectivity index (χ4v) is 2.58. The van der Waals surface area contributed by atoms with Crippen LogP contribution in [0.4, 0.5) is 0 Å². The fourth-order valence-electron chi connectivity index (χ4n) is 2.58. The van der Waals surface area contributed by atoms with E-state index < -0.39 is 5.97 Å². The predicted octanol–water partition coefficient (Wildman–Crippen LogP) is 3.38. The zero-order valence-corrected chi connectivity index (χ0v) is 12.1. The molecule has 2 rings (SSSR count). The van der Waals surface area contributed by atoms with Crippen molar-refractivity contribution in [2.45, 2.75) is 13.3 Å². The first-order valence-corrected chi connectivity index (χ1v) is 6.64. The zero-order valence-electron chi connectivity index (χ0n) is 12.1.